The predicted molar refractivity (Wildman–Crippen MR) is 69.6 cm³/mol. The number of benzene rings is 1. The quantitative estimate of drug-likeness (QED) is 0.596. The average Bonchev–Trinajstić information content (AvgIpc) is 2.67. The molecule has 0 spiro atoms. The summed E-state index contributed by atoms with van der Waals surface area (Å²) in [5.74, 6) is 0. The molecule has 0 unspecified atom stereocenters. The fraction of sp³-hybridized carbons (Fsp3) is 0.385. The van der Waals surface area contributed by atoms with Crippen molar-refractivity contribution in [2.24, 2.45) is 0 Å². The minimum Gasteiger partial charge on any atom is -0.399 e. The number of allylic oxidation sites excluding steroid dienone is 1. The van der Waals surface area contributed by atoms with Gasteiger partial charge >= 0.3 is 0 Å². The van der Waals surface area contributed by atoms with Crippen LogP contribution >= 0.6 is 0 Å². The summed E-state index contributed by atoms with van der Waals surface area (Å²) in [5, 5.41) is 3.25. The van der Waals surface area contributed by atoms with Crippen LogP contribution in [0.25, 0.3) is 0 Å². The van der Waals surface area contributed by atoms with Gasteiger partial charge in [-0.3, -0.25) is 0 Å². The summed E-state index contributed by atoms with van der Waals surface area (Å²) in [5.41, 5.74) is 9.39. The van der Waals surface area contributed by atoms with Gasteiger partial charge in [-0.15, -0.1) is 0 Å². The lowest BCUT2D eigenvalue weighted by atomic mass is 10.1. The molecular weight excluding hydrogens is 198 g/mol. The van der Waals surface area contributed by atoms with Gasteiger partial charge in [0.25, 0.3) is 0 Å². The monoisotopic (exact) mass is 217 g/mol. The van der Waals surface area contributed by atoms with Gasteiger partial charge in [-0.1, -0.05) is 12.1 Å². The Morgan fingerprint density at radius 1 is 1.50 bits per heavy atom. The molecule has 0 amide bonds. The molecule has 1 aliphatic rings. The molecule has 0 bridgehead atoms. The molecule has 1 aliphatic heterocycles. The van der Waals surface area contributed by atoms with Gasteiger partial charge in [0, 0.05) is 31.0 Å². The van der Waals surface area contributed by atoms with Crippen molar-refractivity contribution in [3.8, 4) is 0 Å². The molecular formula is C13H19N3. The smallest absolute Gasteiger partial charge is 0.0420 e. The number of rotatable bonds is 4. The molecule has 0 atom stereocenters. The number of hydrogen-bond acceptors (Lipinski definition) is 3. The van der Waals surface area contributed by atoms with Crippen LogP contribution in [-0.2, 0) is 6.42 Å². The van der Waals surface area contributed by atoms with E-state index < -0.39 is 0 Å². The van der Waals surface area contributed by atoms with Crippen LogP contribution in [0.2, 0.25) is 0 Å². The van der Waals surface area contributed by atoms with E-state index in [2.05, 4.69) is 22.3 Å². The molecule has 86 valence electrons. The Morgan fingerprint density at radius 2 is 2.38 bits per heavy atom. The highest BCUT2D eigenvalue weighted by atomic mass is 15.2. The lowest BCUT2D eigenvalue weighted by molar-refractivity contribution is 0.763. The van der Waals surface area contributed by atoms with E-state index in [4.69, 9.17) is 5.73 Å². The van der Waals surface area contributed by atoms with Gasteiger partial charge in [-0.05, 0) is 37.2 Å². The first-order chi connectivity index (χ1) is 7.81. The van der Waals surface area contributed by atoms with Crippen LogP contribution < -0.4 is 16.0 Å². The number of nitrogens with zero attached hydrogens (tertiary/aromatic N) is 1. The Morgan fingerprint density at radius 3 is 3.19 bits per heavy atom. The maximum atomic E-state index is 5.82. The maximum absolute atomic E-state index is 5.82. The summed E-state index contributed by atoms with van der Waals surface area (Å²) < 4.78 is 0. The second kappa shape index (κ2) is 4.92. The van der Waals surface area contributed by atoms with Crippen molar-refractivity contribution >= 4 is 11.4 Å². The van der Waals surface area contributed by atoms with E-state index in [0.29, 0.717) is 0 Å². The summed E-state index contributed by atoms with van der Waals surface area (Å²) in [6.45, 7) is 5.12. The second-order valence-corrected chi connectivity index (χ2v) is 4.08. The number of nitrogens with two attached hydrogens (primary N) is 1. The van der Waals surface area contributed by atoms with Gasteiger partial charge in [-0.2, -0.15) is 0 Å². The van der Waals surface area contributed by atoms with Crippen molar-refractivity contribution in [2.75, 3.05) is 30.3 Å². The van der Waals surface area contributed by atoms with Gasteiger partial charge < -0.3 is 16.0 Å². The maximum Gasteiger partial charge on any atom is 0.0420 e. The van der Waals surface area contributed by atoms with Gasteiger partial charge in [0.15, 0.2) is 0 Å². The van der Waals surface area contributed by atoms with Crippen molar-refractivity contribution in [3.05, 3.63) is 36.0 Å². The van der Waals surface area contributed by atoms with Gasteiger partial charge in [-0.25, -0.2) is 0 Å². The number of anilines is 2. The predicted octanol–water partition coefficient (Wildman–Crippen LogP) is 1.75. The second-order valence-electron chi connectivity index (χ2n) is 4.08. The van der Waals surface area contributed by atoms with Crippen LogP contribution in [-0.4, -0.2) is 19.6 Å². The Balaban J connectivity index is 1.97. The zero-order valence-electron chi connectivity index (χ0n) is 9.74. The molecule has 0 saturated carbocycles. The van der Waals surface area contributed by atoms with E-state index in [1.54, 1.807) is 0 Å². The zero-order valence-corrected chi connectivity index (χ0v) is 9.74. The molecule has 1 aromatic carbocycles. The summed E-state index contributed by atoms with van der Waals surface area (Å²) in [4.78, 5) is 2.39. The molecule has 3 N–H and O–H groups in total. The van der Waals surface area contributed by atoms with Crippen LogP contribution in [0.1, 0.15) is 12.5 Å². The van der Waals surface area contributed by atoms with Crippen molar-refractivity contribution in [1.82, 2.24) is 5.32 Å². The Hall–Kier alpha value is -1.64. The molecule has 0 fully saturated rings. The molecule has 0 saturated heterocycles. The number of fused-ring (bicyclic) bond motifs is 1. The van der Waals surface area contributed by atoms with E-state index in [9.17, 15) is 0 Å². The van der Waals surface area contributed by atoms with E-state index in [0.717, 1.165) is 31.7 Å². The lowest BCUT2D eigenvalue weighted by Crippen LogP contribution is -2.28. The normalized spacial score (nSPS) is 14.4. The first kappa shape index (κ1) is 10.9. The molecule has 3 nitrogen and oxygen atoms in total. The summed E-state index contributed by atoms with van der Waals surface area (Å²) in [6, 6.07) is 6.21. The van der Waals surface area contributed by atoms with Crippen LogP contribution in [0.5, 0.6) is 0 Å². The fourth-order valence-corrected chi connectivity index (χ4v) is 2.10. The van der Waals surface area contributed by atoms with E-state index in [1.165, 1.54) is 11.3 Å². The molecule has 16 heavy (non-hydrogen) atoms. The highest BCUT2D eigenvalue weighted by molar-refractivity contribution is 5.64. The third-order valence-electron chi connectivity index (χ3n) is 2.91. The first-order valence-corrected chi connectivity index (χ1v) is 5.79. The van der Waals surface area contributed by atoms with Gasteiger partial charge in [0.05, 0.1) is 0 Å². The van der Waals surface area contributed by atoms with E-state index in [-0.39, 0.29) is 0 Å². The topological polar surface area (TPSA) is 41.3 Å². The van der Waals surface area contributed by atoms with Crippen LogP contribution in [0.15, 0.2) is 30.5 Å². The van der Waals surface area contributed by atoms with Crippen molar-refractivity contribution in [1.29, 1.82) is 0 Å². The standard InChI is InChI=1S/C13H19N3/c1-2-6-15-7-9-16-8-5-11-3-4-12(14)10-13(11)16/h2-4,6,10,15H,5,7-9,14H2,1H3/b6-2-. The minimum atomic E-state index is 0.854. The number of hydrogen-bond donors (Lipinski definition) is 2. The molecule has 1 aromatic rings. The van der Waals surface area contributed by atoms with Crippen LogP contribution in [0, 0.1) is 0 Å². The third-order valence-corrected chi connectivity index (χ3v) is 2.91. The van der Waals surface area contributed by atoms with Crippen LogP contribution in [0.4, 0.5) is 11.4 Å². The van der Waals surface area contributed by atoms with E-state index >= 15 is 0 Å². The summed E-state index contributed by atoms with van der Waals surface area (Å²) >= 11 is 0. The number of nitrogens with one attached hydrogen (secondary N) is 1. The van der Waals surface area contributed by atoms with Gasteiger partial charge in [0.1, 0.15) is 0 Å². The van der Waals surface area contributed by atoms with E-state index in [1.807, 2.05) is 25.3 Å². The molecule has 0 aliphatic carbocycles. The van der Waals surface area contributed by atoms with Crippen molar-refractivity contribution in [3.63, 3.8) is 0 Å². The lowest BCUT2D eigenvalue weighted by Gasteiger charge is -2.19. The largest absolute Gasteiger partial charge is 0.399 e. The molecule has 1 heterocycles. The van der Waals surface area contributed by atoms with Gasteiger partial charge in [0.2, 0.25) is 0 Å². The third kappa shape index (κ3) is 2.30. The summed E-state index contributed by atoms with van der Waals surface area (Å²) in [6.07, 6.45) is 5.13. The SMILES string of the molecule is C/C=C\NCCN1CCc2ccc(N)cc21. The molecule has 0 radical (unpaired) electrons. The van der Waals surface area contributed by atoms with Crippen molar-refractivity contribution in [2.45, 2.75) is 13.3 Å². The number of nitrogen functional groups attached to an aromatic ring is 1. The first-order valence-electron chi connectivity index (χ1n) is 5.79. The highest BCUT2D eigenvalue weighted by Gasteiger charge is 2.17. The molecule has 0 aromatic heterocycles. The molecule has 3 heteroatoms. The highest BCUT2D eigenvalue weighted by Crippen LogP contribution is 2.29. The van der Waals surface area contributed by atoms with Crippen molar-refractivity contribution < 1.29 is 0 Å². The Labute approximate surface area is 96.9 Å². The zero-order chi connectivity index (χ0) is 11.4. The van der Waals surface area contributed by atoms with Crippen LogP contribution in [0.3, 0.4) is 0 Å². The Bertz CT molecular complexity index is 385. The minimum absolute atomic E-state index is 0.854. The molecule has 2 rings (SSSR count). The Kier molecular flexibility index (Phi) is 3.34. The average molecular weight is 217 g/mol. The fourth-order valence-electron chi connectivity index (χ4n) is 2.10. The summed E-state index contributed by atoms with van der Waals surface area (Å²) in [7, 11) is 0.